The largest absolute Gasteiger partial charge is 0.462 e. The Kier molecular flexibility index (Phi) is 61.8. The van der Waals surface area contributed by atoms with Crippen LogP contribution < -0.4 is 0 Å². The van der Waals surface area contributed by atoms with E-state index >= 15 is 0 Å². The van der Waals surface area contributed by atoms with Crippen LogP contribution in [0, 0.1) is 0 Å². The molecule has 0 rings (SSSR count). The topological polar surface area (TPSA) is 78.9 Å². The number of carbonyl (C=O) groups is 3. The fourth-order valence-electron chi connectivity index (χ4n) is 8.87. The smallest absolute Gasteiger partial charge is 0.306 e. The van der Waals surface area contributed by atoms with Gasteiger partial charge < -0.3 is 14.2 Å². The van der Waals surface area contributed by atoms with Crippen molar-refractivity contribution in [3.63, 3.8) is 0 Å². The van der Waals surface area contributed by atoms with Gasteiger partial charge in [0.1, 0.15) is 13.2 Å². The number of hydrogen-bond acceptors (Lipinski definition) is 6. The van der Waals surface area contributed by atoms with E-state index in [0.717, 1.165) is 135 Å². The van der Waals surface area contributed by atoms with Crippen molar-refractivity contribution in [1.29, 1.82) is 0 Å². The SMILES string of the molecule is CC/C=C\C/C=C\C/C=C\C/C=C\C/C=C\C/C=C\CCCCCCCCCCCCCCCCC(=O)OCC(COC(=O)CCCCC/C=C\C/C=C\C/C=C\CC)OC(=O)CCCCCCC/C=C\CCCCCCC. The fourth-order valence-corrected chi connectivity index (χ4v) is 8.87. The summed E-state index contributed by atoms with van der Waals surface area (Å²) < 4.78 is 16.9. The van der Waals surface area contributed by atoms with Crippen molar-refractivity contribution in [3.8, 4) is 0 Å². The average Bonchev–Trinajstić information content (AvgIpc) is 3.44. The summed E-state index contributed by atoms with van der Waals surface area (Å²) in [5.41, 5.74) is 0. The summed E-state index contributed by atoms with van der Waals surface area (Å²) in [5.74, 6) is -0.926. The standard InChI is InChI=1S/C72H120O6/c1-4-7-10-13-16-19-22-25-27-28-29-30-31-32-33-34-35-36-37-38-39-40-41-42-43-44-45-48-50-53-56-59-62-65-71(74)77-68-69(67-76-70(73)64-61-58-55-52-49-46-24-21-18-15-12-9-6-3)78-72(75)66-63-60-57-54-51-47-26-23-20-17-14-11-8-5-2/h7,9-10,12,16,18-19,21,23,25-27,29-30,32-33,35-36,46,49,69H,4-6,8,11,13-15,17,20,22,24,28,31,34,37-45,47-48,50-68H2,1-3H3/b10-7-,12-9-,19-16-,21-18-,26-23-,27-25-,30-29-,33-32-,36-35-,49-46-. The van der Waals surface area contributed by atoms with E-state index in [0.29, 0.717) is 19.3 Å². The van der Waals surface area contributed by atoms with E-state index < -0.39 is 6.10 Å². The van der Waals surface area contributed by atoms with Crippen molar-refractivity contribution < 1.29 is 28.6 Å². The molecule has 0 radical (unpaired) electrons. The van der Waals surface area contributed by atoms with E-state index in [-0.39, 0.29) is 31.1 Å². The Morgan fingerprint density at radius 3 is 0.808 bits per heavy atom. The van der Waals surface area contributed by atoms with Gasteiger partial charge in [0.2, 0.25) is 0 Å². The van der Waals surface area contributed by atoms with Crippen molar-refractivity contribution in [2.24, 2.45) is 0 Å². The first kappa shape index (κ1) is 73.8. The molecule has 444 valence electrons. The van der Waals surface area contributed by atoms with Crippen LogP contribution in [-0.2, 0) is 28.6 Å². The highest BCUT2D eigenvalue weighted by Gasteiger charge is 2.19. The van der Waals surface area contributed by atoms with Gasteiger partial charge in [-0.15, -0.1) is 0 Å². The average molecular weight is 1080 g/mol. The number of carbonyl (C=O) groups excluding carboxylic acids is 3. The third-order valence-electron chi connectivity index (χ3n) is 13.7. The number of unbranched alkanes of at least 4 members (excludes halogenated alkanes) is 27. The quantitative estimate of drug-likeness (QED) is 0.0261. The van der Waals surface area contributed by atoms with Crippen LogP contribution in [0.1, 0.15) is 297 Å². The maximum Gasteiger partial charge on any atom is 0.306 e. The monoisotopic (exact) mass is 1080 g/mol. The van der Waals surface area contributed by atoms with E-state index in [9.17, 15) is 14.4 Å². The third-order valence-corrected chi connectivity index (χ3v) is 13.7. The Labute approximate surface area is 482 Å². The molecule has 6 heteroatoms. The molecule has 0 saturated heterocycles. The number of allylic oxidation sites excluding steroid dienone is 20. The Morgan fingerprint density at radius 1 is 0.269 bits per heavy atom. The summed E-state index contributed by atoms with van der Waals surface area (Å²) >= 11 is 0. The molecular weight excluding hydrogens is 961 g/mol. The van der Waals surface area contributed by atoms with Crippen LogP contribution in [0.2, 0.25) is 0 Å². The van der Waals surface area contributed by atoms with Gasteiger partial charge >= 0.3 is 17.9 Å². The zero-order valence-electron chi connectivity index (χ0n) is 50.9. The van der Waals surface area contributed by atoms with Gasteiger partial charge in [0.05, 0.1) is 0 Å². The van der Waals surface area contributed by atoms with Gasteiger partial charge in [0, 0.05) is 19.3 Å². The number of rotatable bonds is 58. The number of esters is 3. The maximum absolute atomic E-state index is 12.9. The molecule has 1 atom stereocenters. The molecule has 0 aliphatic rings. The van der Waals surface area contributed by atoms with Gasteiger partial charge in [0.25, 0.3) is 0 Å². The van der Waals surface area contributed by atoms with Crippen LogP contribution in [0.5, 0.6) is 0 Å². The lowest BCUT2D eigenvalue weighted by Gasteiger charge is -2.18. The lowest BCUT2D eigenvalue weighted by molar-refractivity contribution is -0.167. The van der Waals surface area contributed by atoms with Crippen LogP contribution >= 0.6 is 0 Å². The molecule has 0 amide bonds. The summed E-state index contributed by atoms with van der Waals surface area (Å²) in [4.78, 5) is 38.2. The second-order valence-electron chi connectivity index (χ2n) is 21.3. The zero-order valence-corrected chi connectivity index (χ0v) is 50.9. The Hall–Kier alpha value is -4.19. The molecule has 0 aromatic carbocycles. The molecule has 0 aliphatic carbocycles. The predicted octanol–water partition coefficient (Wildman–Crippen LogP) is 22.4. The molecule has 0 heterocycles. The zero-order chi connectivity index (χ0) is 56.4. The highest BCUT2D eigenvalue weighted by atomic mass is 16.6. The van der Waals surface area contributed by atoms with Crippen LogP contribution in [0.3, 0.4) is 0 Å². The van der Waals surface area contributed by atoms with Crippen molar-refractivity contribution in [2.75, 3.05) is 13.2 Å². The Balaban J connectivity index is 4.20. The molecule has 6 nitrogen and oxygen atoms in total. The first-order valence-corrected chi connectivity index (χ1v) is 32.5. The van der Waals surface area contributed by atoms with Gasteiger partial charge in [-0.3, -0.25) is 14.4 Å². The lowest BCUT2D eigenvalue weighted by Crippen LogP contribution is -2.30. The summed E-state index contributed by atoms with van der Waals surface area (Å²) in [6.45, 7) is 6.38. The van der Waals surface area contributed by atoms with Crippen LogP contribution in [-0.4, -0.2) is 37.2 Å². The normalized spacial score (nSPS) is 12.9. The van der Waals surface area contributed by atoms with Gasteiger partial charge in [-0.2, -0.15) is 0 Å². The summed E-state index contributed by atoms with van der Waals surface area (Å²) in [7, 11) is 0. The Bertz CT molecular complexity index is 1620. The molecule has 1 unspecified atom stereocenters. The van der Waals surface area contributed by atoms with Crippen molar-refractivity contribution in [2.45, 2.75) is 303 Å². The fraction of sp³-hybridized carbons (Fsp3) is 0.681. The van der Waals surface area contributed by atoms with E-state index in [1.54, 1.807) is 0 Å². The third kappa shape index (κ3) is 62.7. The lowest BCUT2D eigenvalue weighted by atomic mass is 10.0. The van der Waals surface area contributed by atoms with Gasteiger partial charge in [0.15, 0.2) is 6.10 Å². The second-order valence-corrected chi connectivity index (χ2v) is 21.3. The molecular formula is C72H120O6. The van der Waals surface area contributed by atoms with Crippen LogP contribution in [0.4, 0.5) is 0 Å². The van der Waals surface area contributed by atoms with E-state index in [1.807, 2.05) is 0 Å². The van der Waals surface area contributed by atoms with E-state index in [1.165, 1.54) is 122 Å². The number of ether oxygens (including phenoxy) is 3. The molecule has 78 heavy (non-hydrogen) atoms. The predicted molar refractivity (Wildman–Crippen MR) is 339 cm³/mol. The molecule has 0 aromatic rings. The highest BCUT2D eigenvalue weighted by molar-refractivity contribution is 5.71. The van der Waals surface area contributed by atoms with E-state index in [2.05, 4.69) is 142 Å². The molecule has 0 N–H and O–H groups in total. The minimum Gasteiger partial charge on any atom is -0.462 e. The van der Waals surface area contributed by atoms with Gasteiger partial charge in [-0.1, -0.05) is 271 Å². The minimum absolute atomic E-state index is 0.0911. The van der Waals surface area contributed by atoms with Crippen molar-refractivity contribution in [3.05, 3.63) is 122 Å². The molecule has 0 spiro atoms. The second kappa shape index (κ2) is 65.3. The van der Waals surface area contributed by atoms with Crippen molar-refractivity contribution in [1.82, 2.24) is 0 Å². The molecule has 0 bridgehead atoms. The molecule has 0 saturated carbocycles. The Morgan fingerprint density at radius 2 is 0.500 bits per heavy atom. The maximum atomic E-state index is 12.9. The summed E-state index contributed by atoms with van der Waals surface area (Å²) in [6, 6.07) is 0. The van der Waals surface area contributed by atoms with Crippen LogP contribution in [0.15, 0.2) is 122 Å². The first-order valence-electron chi connectivity index (χ1n) is 32.5. The highest BCUT2D eigenvalue weighted by Crippen LogP contribution is 2.16. The number of hydrogen-bond donors (Lipinski definition) is 0. The van der Waals surface area contributed by atoms with Gasteiger partial charge in [-0.25, -0.2) is 0 Å². The van der Waals surface area contributed by atoms with E-state index in [4.69, 9.17) is 14.2 Å². The van der Waals surface area contributed by atoms with Crippen LogP contribution in [0.25, 0.3) is 0 Å². The van der Waals surface area contributed by atoms with Crippen molar-refractivity contribution >= 4 is 17.9 Å². The first-order chi connectivity index (χ1) is 38.5. The molecule has 0 aliphatic heterocycles. The summed E-state index contributed by atoms with van der Waals surface area (Å²) in [6.07, 6.45) is 90.8. The molecule has 0 aromatic heterocycles. The summed E-state index contributed by atoms with van der Waals surface area (Å²) in [5, 5.41) is 0. The van der Waals surface area contributed by atoms with Gasteiger partial charge in [-0.05, 0) is 128 Å². The molecule has 0 fully saturated rings. The minimum atomic E-state index is -0.796.